The summed E-state index contributed by atoms with van der Waals surface area (Å²) in [4.78, 5) is 10.3. The zero-order chi connectivity index (χ0) is 14.7. The monoisotopic (exact) mass is 386 g/mol. The Morgan fingerprint density at radius 1 is 1.30 bits per heavy atom. The molecule has 0 amide bonds. The van der Waals surface area contributed by atoms with Crippen molar-refractivity contribution in [3.63, 3.8) is 0 Å². The summed E-state index contributed by atoms with van der Waals surface area (Å²) in [5.41, 5.74) is 1.66. The molecule has 1 unspecified atom stereocenters. The van der Waals surface area contributed by atoms with Gasteiger partial charge in [-0.25, -0.2) is 4.39 Å². The summed E-state index contributed by atoms with van der Waals surface area (Å²) >= 11 is 2.04. The molecular weight excluding hydrogens is 374 g/mol. The highest BCUT2D eigenvalue weighted by Crippen LogP contribution is 2.27. The Morgan fingerprint density at radius 2 is 2.05 bits per heavy atom. The van der Waals surface area contributed by atoms with E-state index >= 15 is 0 Å². The molecule has 0 aliphatic heterocycles. The molecule has 2 rings (SSSR count). The van der Waals surface area contributed by atoms with Crippen molar-refractivity contribution in [1.29, 1.82) is 0 Å². The van der Waals surface area contributed by atoms with Gasteiger partial charge in [-0.05, 0) is 53.3 Å². The molecule has 0 bridgehead atoms. The first kappa shape index (κ1) is 14.7. The molecule has 0 aromatic heterocycles. The molecule has 0 aliphatic rings. The number of nitrogens with one attached hydrogen (secondary N) is 1. The van der Waals surface area contributed by atoms with Gasteiger partial charge in [-0.1, -0.05) is 12.1 Å². The molecule has 0 fully saturated rings. The zero-order valence-corrected chi connectivity index (χ0v) is 12.8. The summed E-state index contributed by atoms with van der Waals surface area (Å²) in [6, 6.07) is 10.9. The van der Waals surface area contributed by atoms with Gasteiger partial charge < -0.3 is 5.32 Å². The maximum atomic E-state index is 13.2. The lowest BCUT2D eigenvalue weighted by molar-refractivity contribution is -0.384. The second-order valence-electron chi connectivity index (χ2n) is 4.34. The highest BCUT2D eigenvalue weighted by molar-refractivity contribution is 14.1. The van der Waals surface area contributed by atoms with Crippen LogP contribution in [0.2, 0.25) is 0 Å². The molecule has 2 aromatic carbocycles. The highest BCUT2D eigenvalue weighted by Gasteiger charge is 2.12. The molecule has 0 radical (unpaired) electrons. The van der Waals surface area contributed by atoms with Crippen LogP contribution < -0.4 is 5.32 Å². The third-order valence-corrected chi connectivity index (χ3v) is 3.78. The van der Waals surface area contributed by atoms with Gasteiger partial charge in [0.2, 0.25) is 0 Å². The number of nitro groups is 1. The van der Waals surface area contributed by atoms with Gasteiger partial charge in [0.05, 0.1) is 4.92 Å². The van der Waals surface area contributed by atoms with Crippen molar-refractivity contribution >= 4 is 34.0 Å². The van der Waals surface area contributed by atoms with Gasteiger partial charge in [0.15, 0.2) is 0 Å². The van der Waals surface area contributed by atoms with Gasteiger partial charge in [-0.2, -0.15) is 0 Å². The number of hydrogen-bond acceptors (Lipinski definition) is 3. The van der Waals surface area contributed by atoms with Crippen LogP contribution in [0.5, 0.6) is 0 Å². The van der Waals surface area contributed by atoms with Crippen LogP contribution in [0.4, 0.5) is 15.8 Å². The van der Waals surface area contributed by atoms with Crippen molar-refractivity contribution in [2.24, 2.45) is 0 Å². The molecule has 6 heteroatoms. The lowest BCUT2D eigenvalue weighted by Gasteiger charge is -2.16. The first-order valence-corrected chi connectivity index (χ1v) is 7.01. The van der Waals surface area contributed by atoms with E-state index < -0.39 is 4.92 Å². The fourth-order valence-electron chi connectivity index (χ4n) is 1.83. The van der Waals surface area contributed by atoms with E-state index in [1.807, 2.05) is 35.6 Å². The third-order valence-electron chi connectivity index (χ3n) is 2.88. The average molecular weight is 386 g/mol. The van der Waals surface area contributed by atoms with E-state index in [0.29, 0.717) is 0 Å². The normalized spacial score (nSPS) is 11.9. The van der Waals surface area contributed by atoms with Gasteiger partial charge in [0, 0.05) is 27.4 Å². The van der Waals surface area contributed by atoms with E-state index in [-0.39, 0.29) is 17.5 Å². The summed E-state index contributed by atoms with van der Waals surface area (Å²) < 4.78 is 13.9. The van der Waals surface area contributed by atoms with Crippen LogP contribution in [0.3, 0.4) is 0 Å². The molecule has 1 atom stereocenters. The number of hydrogen-bond donors (Lipinski definition) is 1. The van der Waals surface area contributed by atoms with Crippen molar-refractivity contribution in [2.75, 3.05) is 5.32 Å². The molecule has 104 valence electrons. The van der Waals surface area contributed by atoms with Crippen LogP contribution in [-0.4, -0.2) is 4.92 Å². The fraction of sp³-hybridized carbons (Fsp3) is 0.143. The van der Waals surface area contributed by atoms with Crippen molar-refractivity contribution in [3.8, 4) is 0 Å². The molecule has 2 aromatic rings. The first-order chi connectivity index (χ1) is 9.47. The van der Waals surface area contributed by atoms with Gasteiger partial charge in [-0.15, -0.1) is 0 Å². The Hall–Kier alpha value is -1.70. The van der Waals surface area contributed by atoms with Gasteiger partial charge in [0.1, 0.15) is 5.82 Å². The van der Waals surface area contributed by atoms with E-state index in [0.717, 1.165) is 14.8 Å². The quantitative estimate of drug-likeness (QED) is 0.478. The summed E-state index contributed by atoms with van der Waals surface area (Å²) in [6.07, 6.45) is 0. The third kappa shape index (κ3) is 3.44. The molecule has 4 nitrogen and oxygen atoms in total. The second-order valence-corrected chi connectivity index (χ2v) is 5.50. The van der Waals surface area contributed by atoms with Crippen LogP contribution in [0, 0.1) is 19.5 Å². The maximum absolute atomic E-state index is 13.2. The number of benzene rings is 2. The fourth-order valence-corrected chi connectivity index (χ4v) is 2.48. The number of non-ortho nitro benzene ring substituents is 1. The Bertz CT molecular complexity index is 649. The van der Waals surface area contributed by atoms with Crippen molar-refractivity contribution in [2.45, 2.75) is 13.0 Å². The van der Waals surface area contributed by atoms with Gasteiger partial charge >= 0.3 is 0 Å². The van der Waals surface area contributed by atoms with E-state index in [2.05, 4.69) is 5.32 Å². The van der Waals surface area contributed by atoms with Crippen LogP contribution in [0.25, 0.3) is 0 Å². The Balaban J connectivity index is 2.19. The van der Waals surface area contributed by atoms with Crippen LogP contribution >= 0.6 is 22.6 Å². The zero-order valence-electron chi connectivity index (χ0n) is 10.6. The minimum Gasteiger partial charge on any atom is -0.378 e. The van der Waals surface area contributed by atoms with Crippen molar-refractivity contribution < 1.29 is 9.31 Å². The van der Waals surface area contributed by atoms with Crippen LogP contribution in [0.15, 0.2) is 42.5 Å². The average Bonchev–Trinajstić information content (AvgIpc) is 2.40. The second kappa shape index (κ2) is 6.17. The predicted molar refractivity (Wildman–Crippen MR) is 84.3 cm³/mol. The summed E-state index contributed by atoms with van der Waals surface area (Å²) in [5.74, 6) is -0.283. The Kier molecular flexibility index (Phi) is 4.53. The molecule has 0 saturated heterocycles. The standard InChI is InChI=1S/C14H12FIN2O2/c1-9(10-3-2-4-11(15)7-10)17-14-6-5-12(18(19)20)8-13(14)16/h2-9,17H,1H3. The van der Waals surface area contributed by atoms with Crippen LogP contribution in [-0.2, 0) is 0 Å². The Labute approximate surface area is 129 Å². The lowest BCUT2D eigenvalue weighted by atomic mass is 10.1. The van der Waals surface area contributed by atoms with E-state index in [1.165, 1.54) is 24.3 Å². The van der Waals surface area contributed by atoms with E-state index in [1.54, 1.807) is 12.1 Å². The number of rotatable bonds is 4. The number of nitro benzene ring substituents is 1. The molecule has 20 heavy (non-hydrogen) atoms. The summed E-state index contributed by atoms with van der Waals surface area (Å²) in [6.45, 7) is 1.91. The number of nitrogens with zero attached hydrogens (tertiary/aromatic N) is 1. The summed E-state index contributed by atoms with van der Waals surface area (Å²) in [7, 11) is 0. The van der Waals surface area contributed by atoms with Crippen molar-refractivity contribution in [1.82, 2.24) is 0 Å². The molecule has 1 N–H and O–H groups in total. The Morgan fingerprint density at radius 3 is 2.65 bits per heavy atom. The minimum atomic E-state index is -0.429. The molecule has 0 saturated carbocycles. The number of halogens is 2. The highest BCUT2D eigenvalue weighted by atomic mass is 127. The van der Waals surface area contributed by atoms with Crippen molar-refractivity contribution in [3.05, 3.63) is 67.5 Å². The summed E-state index contributed by atoms with van der Waals surface area (Å²) in [5, 5.41) is 13.9. The minimum absolute atomic E-state index is 0.0540. The van der Waals surface area contributed by atoms with E-state index in [4.69, 9.17) is 0 Å². The molecule has 0 heterocycles. The van der Waals surface area contributed by atoms with Crippen LogP contribution in [0.1, 0.15) is 18.5 Å². The largest absolute Gasteiger partial charge is 0.378 e. The molecular formula is C14H12FIN2O2. The number of anilines is 1. The predicted octanol–water partition coefficient (Wildman–Crippen LogP) is 4.51. The van der Waals surface area contributed by atoms with Gasteiger partial charge in [0.25, 0.3) is 5.69 Å². The molecule has 0 spiro atoms. The lowest BCUT2D eigenvalue weighted by Crippen LogP contribution is -2.08. The molecule has 0 aliphatic carbocycles. The maximum Gasteiger partial charge on any atom is 0.270 e. The first-order valence-electron chi connectivity index (χ1n) is 5.93. The smallest absolute Gasteiger partial charge is 0.270 e. The van der Waals surface area contributed by atoms with Gasteiger partial charge in [-0.3, -0.25) is 10.1 Å². The SMILES string of the molecule is CC(Nc1ccc([N+](=O)[O-])cc1I)c1cccc(F)c1. The topological polar surface area (TPSA) is 55.2 Å². The van der Waals surface area contributed by atoms with E-state index in [9.17, 15) is 14.5 Å².